The molecule has 4 fully saturated rings. The number of aryl methyl sites for hydroxylation is 1. The number of amides is 1. The van der Waals surface area contributed by atoms with Crippen molar-refractivity contribution in [1.82, 2.24) is 39.6 Å². The van der Waals surface area contributed by atoms with Crippen LogP contribution in [0.15, 0.2) is 79.0 Å². The van der Waals surface area contributed by atoms with E-state index in [0.29, 0.717) is 33.7 Å². The number of thiazole rings is 1. The maximum absolute atomic E-state index is 14.3. The number of benzene rings is 2. The summed E-state index contributed by atoms with van der Waals surface area (Å²) in [5, 5.41) is 17.8. The largest absolute Gasteiger partial charge is 0.461 e. The van der Waals surface area contributed by atoms with Crippen LogP contribution in [0.5, 0.6) is 0 Å². The van der Waals surface area contributed by atoms with E-state index in [0.717, 1.165) is 51.3 Å². The molecule has 0 radical (unpaired) electrons. The van der Waals surface area contributed by atoms with Crippen molar-refractivity contribution < 1.29 is 22.7 Å². The molecule has 6 aromatic rings. The highest BCUT2D eigenvalue weighted by molar-refractivity contribution is 7.90. The van der Waals surface area contributed by atoms with E-state index < -0.39 is 15.9 Å². The fourth-order valence-corrected chi connectivity index (χ4v) is 12.2. The summed E-state index contributed by atoms with van der Waals surface area (Å²) in [6.07, 6.45) is 9.62. The van der Waals surface area contributed by atoms with E-state index in [1.54, 1.807) is 42.2 Å². The lowest BCUT2D eigenvalue weighted by Gasteiger charge is -2.56. The van der Waals surface area contributed by atoms with Gasteiger partial charge in [0.25, 0.3) is 5.91 Å². The van der Waals surface area contributed by atoms with Gasteiger partial charge in [0.15, 0.2) is 16.8 Å². The van der Waals surface area contributed by atoms with Crippen LogP contribution in [0, 0.1) is 37.0 Å². The minimum atomic E-state index is -4.14. The zero-order valence-electron chi connectivity index (χ0n) is 36.7. The molecule has 15 nitrogen and oxygen atoms in total. The first-order valence-electron chi connectivity index (χ1n) is 22.0. The quantitative estimate of drug-likeness (QED) is 0.0848. The molecule has 0 saturated heterocycles. The molecule has 64 heavy (non-hydrogen) atoms. The topological polar surface area (TPSA) is 177 Å². The Labute approximate surface area is 377 Å². The van der Waals surface area contributed by atoms with E-state index in [2.05, 4.69) is 29.9 Å². The number of fused-ring (bicyclic) bond motifs is 1. The Morgan fingerprint density at radius 3 is 2.31 bits per heavy atom. The fraction of sp³-hybridized carbons (Fsp3) is 0.426. The van der Waals surface area contributed by atoms with Gasteiger partial charge in [0.1, 0.15) is 18.1 Å². The molecule has 0 aliphatic heterocycles. The average Bonchev–Trinajstić information content (AvgIpc) is 3.85. The van der Waals surface area contributed by atoms with Gasteiger partial charge in [0, 0.05) is 43.5 Å². The lowest BCUT2D eigenvalue weighted by atomic mass is 9.49. The van der Waals surface area contributed by atoms with Crippen LogP contribution in [0.2, 0.25) is 0 Å². The van der Waals surface area contributed by atoms with Crippen LogP contribution < -0.4 is 14.9 Å². The van der Waals surface area contributed by atoms with Crippen LogP contribution in [0.1, 0.15) is 72.3 Å². The summed E-state index contributed by atoms with van der Waals surface area (Å²) < 4.78 is 37.9. The predicted molar refractivity (Wildman–Crippen MR) is 248 cm³/mol. The second-order valence-electron chi connectivity index (χ2n) is 18.1. The van der Waals surface area contributed by atoms with Crippen LogP contribution in [0.25, 0.3) is 21.3 Å². The smallest absolute Gasteiger partial charge is 0.307 e. The predicted octanol–water partition coefficient (Wildman–Crippen LogP) is 7.81. The lowest BCUT2D eigenvalue weighted by Crippen LogP contribution is -2.48. The number of rotatable bonds is 17. The third kappa shape index (κ3) is 9.66. The SMILES string of the molecule is Cc1cc(N(C)c2ccc(-c3cnn(CC45CC6CC(CC(C6)C4)C5)c3C)c(C(=O)NS(=O)(=O)CCN(C)CCC(=O)OCc3ccccc3)n2)nnc1Nc1nc2ccccc2s1. The zero-order valence-corrected chi connectivity index (χ0v) is 38.3. The number of aromatic nitrogens is 6. The number of hydrogen-bond acceptors (Lipinski definition) is 14. The molecule has 4 saturated carbocycles. The van der Waals surface area contributed by atoms with Gasteiger partial charge in [0.2, 0.25) is 10.0 Å². The van der Waals surface area contributed by atoms with Crippen LogP contribution in [0.4, 0.5) is 22.6 Å². The highest BCUT2D eigenvalue weighted by Crippen LogP contribution is 2.60. The van der Waals surface area contributed by atoms with E-state index in [1.807, 2.05) is 74.5 Å². The van der Waals surface area contributed by atoms with Gasteiger partial charge in [-0.1, -0.05) is 53.8 Å². The van der Waals surface area contributed by atoms with E-state index in [4.69, 9.17) is 14.8 Å². The third-order valence-electron chi connectivity index (χ3n) is 13.2. The molecule has 4 heterocycles. The summed E-state index contributed by atoms with van der Waals surface area (Å²) in [6.45, 7) is 5.28. The third-order valence-corrected chi connectivity index (χ3v) is 15.4. The van der Waals surface area contributed by atoms with Crippen LogP contribution in [-0.2, 0) is 32.7 Å². The highest BCUT2D eigenvalue weighted by atomic mass is 32.2. The van der Waals surface area contributed by atoms with Gasteiger partial charge in [-0.05, 0) is 124 Å². The second-order valence-corrected chi connectivity index (χ2v) is 21.0. The van der Waals surface area contributed by atoms with Crippen molar-refractivity contribution in [2.45, 2.75) is 71.9 Å². The Bertz CT molecular complexity index is 2720. The summed E-state index contributed by atoms with van der Waals surface area (Å²) in [4.78, 5) is 39.6. The molecule has 4 aliphatic rings. The van der Waals surface area contributed by atoms with Crippen LogP contribution >= 0.6 is 11.3 Å². The molecule has 334 valence electrons. The average molecular weight is 903 g/mol. The van der Waals surface area contributed by atoms with Gasteiger partial charge in [-0.2, -0.15) is 5.10 Å². The van der Waals surface area contributed by atoms with Crippen molar-refractivity contribution in [3.05, 3.63) is 102 Å². The standard InChI is InChI=1S/C47H54N10O5S2/c1-30-20-41(52-53-44(30)51-46-49-38-12-8-9-13-39(38)63-46)56(4)40-15-14-36(37-27-48-57(31(37)2)29-47-24-33-21-34(25-47)23-35(22-33)26-47)43(50-40)45(59)54-64(60,61)19-18-55(3)17-16-42(58)62-28-32-10-6-5-7-11-32/h5-15,20,27,33-35H,16-19,21-26,28-29H2,1-4H3,(H,54,59)(H,49,51,53). The Kier molecular flexibility index (Phi) is 12.2. The van der Waals surface area contributed by atoms with Crippen molar-refractivity contribution in [1.29, 1.82) is 0 Å². The summed E-state index contributed by atoms with van der Waals surface area (Å²) >= 11 is 1.52. The monoisotopic (exact) mass is 902 g/mol. The number of anilines is 4. The fourth-order valence-electron chi connectivity index (χ4n) is 10.3. The number of nitrogens with zero attached hydrogens (tertiary/aromatic N) is 8. The Morgan fingerprint density at radius 1 is 0.875 bits per heavy atom. The van der Waals surface area contributed by atoms with Crippen LogP contribution in [-0.4, -0.2) is 88.1 Å². The molecule has 4 aromatic heterocycles. The van der Waals surface area contributed by atoms with E-state index in [9.17, 15) is 18.0 Å². The molecule has 4 aliphatic carbocycles. The molecule has 17 heteroatoms. The van der Waals surface area contributed by atoms with Crippen molar-refractivity contribution in [2.75, 3.05) is 43.2 Å². The van der Waals surface area contributed by atoms with Gasteiger partial charge in [-0.15, -0.1) is 10.2 Å². The molecule has 2 N–H and O–H groups in total. The number of ether oxygens (including phenoxy) is 1. The van der Waals surface area contributed by atoms with Crippen molar-refractivity contribution in [3.63, 3.8) is 0 Å². The minimum absolute atomic E-state index is 0.0568. The number of carbonyl (C=O) groups excluding carboxylic acids is 2. The Hall–Kier alpha value is -5.78. The van der Waals surface area contributed by atoms with E-state index in [1.165, 1.54) is 49.9 Å². The first-order chi connectivity index (χ1) is 30.8. The van der Waals surface area contributed by atoms with Gasteiger partial charge in [0.05, 0.1) is 28.6 Å². The van der Waals surface area contributed by atoms with Crippen molar-refractivity contribution >= 4 is 66.0 Å². The van der Waals surface area contributed by atoms with Gasteiger partial charge >= 0.3 is 5.97 Å². The van der Waals surface area contributed by atoms with E-state index in [-0.39, 0.29) is 48.9 Å². The number of carbonyl (C=O) groups is 2. The maximum atomic E-state index is 14.3. The summed E-state index contributed by atoms with van der Waals surface area (Å²) in [5.74, 6) is 2.17. The molecule has 0 atom stereocenters. The first-order valence-corrected chi connectivity index (χ1v) is 24.4. The van der Waals surface area contributed by atoms with Gasteiger partial charge < -0.3 is 19.9 Å². The summed E-state index contributed by atoms with van der Waals surface area (Å²) in [5.41, 5.74) is 4.86. The molecule has 4 bridgehead atoms. The van der Waals surface area contributed by atoms with Gasteiger partial charge in [-0.25, -0.2) is 23.1 Å². The first kappa shape index (κ1) is 43.5. The number of esters is 1. The number of para-hydroxylation sites is 1. The second kappa shape index (κ2) is 18.0. The molecular weight excluding hydrogens is 849 g/mol. The number of hydrogen-bond donors (Lipinski definition) is 2. The van der Waals surface area contributed by atoms with Gasteiger partial charge in [-0.3, -0.25) is 14.3 Å². The molecule has 10 rings (SSSR count). The normalized spacial score (nSPS) is 20.2. The number of pyridine rings is 1. The van der Waals surface area contributed by atoms with Crippen LogP contribution in [0.3, 0.4) is 0 Å². The summed E-state index contributed by atoms with van der Waals surface area (Å²) in [6, 6.07) is 22.8. The molecule has 0 spiro atoms. The number of sulfonamides is 1. The summed E-state index contributed by atoms with van der Waals surface area (Å²) in [7, 11) is -0.648. The van der Waals surface area contributed by atoms with Crippen molar-refractivity contribution in [3.8, 4) is 11.1 Å². The highest BCUT2D eigenvalue weighted by Gasteiger charge is 2.51. The Balaban J connectivity index is 0.926. The van der Waals surface area contributed by atoms with E-state index >= 15 is 0 Å². The zero-order chi connectivity index (χ0) is 44.6. The van der Waals surface area contributed by atoms with Crippen molar-refractivity contribution in [2.24, 2.45) is 23.2 Å². The number of nitrogens with one attached hydrogen (secondary N) is 2. The molecule has 1 amide bonds. The molecular formula is C47H54N10O5S2. The molecule has 2 aromatic carbocycles. The lowest BCUT2D eigenvalue weighted by molar-refractivity contribution is -0.145. The minimum Gasteiger partial charge on any atom is -0.461 e. The molecule has 0 unspecified atom stereocenters. The maximum Gasteiger partial charge on any atom is 0.307 e. The Morgan fingerprint density at radius 2 is 1.59 bits per heavy atom.